The second-order valence-corrected chi connectivity index (χ2v) is 5.27. The summed E-state index contributed by atoms with van der Waals surface area (Å²) in [7, 11) is 1.80. The molecule has 1 amide bonds. The number of aliphatic hydroxyl groups excluding tert-OH is 1. The zero-order valence-electron chi connectivity index (χ0n) is 12.6. The number of aromatic nitrogens is 1. The summed E-state index contributed by atoms with van der Waals surface area (Å²) in [4.78, 5) is 18.2. The number of amides is 1. The van der Waals surface area contributed by atoms with Gasteiger partial charge in [-0.1, -0.05) is 18.8 Å². The molecule has 0 saturated heterocycles. The van der Waals surface area contributed by atoms with Crippen LogP contribution in [0.3, 0.4) is 0 Å². The van der Waals surface area contributed by atoms with E-state index in [1.807, 2.05) is 13.8 Å². The predicted molar refractivity (Wildman–Crippen MR) is 79.3 cm³/mol. The van der Waals surface area contributed by atoms with Crippen molar-refractivity contribution < 1.29 is 9.90 Å². The van der Waals surface area contributed by atoms with Crippen LogP contribution in [0.15, 0.2) is 18.5 Å². The van der Waals surface area contributed by atoms with Crippen LogP contribution in [-0.4, -0.2) is 40.1 Å². The van der Waals surface area contributed by atoms with Gasteiger partial charge in [-0.15, -0.1) is 0 Å². The quantitative estimate of drug-likeness (QED) is 0.855. The van der Waals surface area contributed by atoms with Crippen molar-refractivity contribution in [2.24, 2.45) is 0 Å². The van der Waals surface area contributed by atoms with Crippen molar-refractivity contribution in [3.05, 3.63) is 29.6 Å². The summed E-state index contributed by atoms with van der Waals surface area (Å²) in [5.74, 6) is 5.65. The van der Waals surface area contributed by atoms with Crippen LogP contribution >= 0.6 is 0 Å². The lowest BCUT2D eigenvalue weighted by atomic mass is 9.99. The van der Waals surface area contributed by atoms with Crippen LogP contribution in [0, 0.1) is 11.8 Å². The van der Waals surface area contributed by atoms with E-state index in [-0.39, 0.29) is 18.1 Å². The SMILES string of the molecule is CCC(C)(C)N(C)C(=O)c1cncc(C#CCCO)c1. The Labute approximate surface area is 120 Å². The minimum Gasteiger partial charge on any atom is -0.395 e. The van der Waals surface area contributed by atoms with Gasteiger partial charge in [0.2, 0.25) is 0 Å². The Morgan fingerprint density at radius 1 is 1.45 bits per heavy atom. The molecule has 0 bridgehead atoms. The van der Waals surface area contributed by atoms with Crippen molar-refractivity contribution in [2.45, 2.75) is 39.2 Å². The second-order valence-electron chi connectivity index (χ2n) is 5.27. The minimum atomic E-state index is -0.199. The van der Waals surface area contributed by atoms with Crippen LogP contribution in [0.5, 0.6) is 0 Å². The van der Waals surface area contributed by atoms with Gasteiger partial charge in [-0.2, -0.15) is 0 Å². The molecule has 4 nitrogen and oxygen atoms in total. The van der Waals surface area contributed by atoms with E-state index in [4.69, 9.17) is 5.11 Å². The molecule has 0 unspecified atom stereocenters. The Morgan fingerprint density at radius 2 is 2.15 bits per heavy atom. The fraction of sp³-hybridized carbons (Fsp3) is 0.500. The maximum Gasteiger partial charge on any atom is 0.255 e. The van der Waals surface area contributed by atoms with E-state index in [0.717, 1.165) is 6.42 Å². The highest BCUT2D eigenvalue weighted by molar-refractivity contribution is 5.94. The van der Waals surface area contributed by atoms with Crippen molar-refractivity contribution in [2.75, 3.05) is 13.7 Å². The number of pyridine rings is 1. The van der Waals surface area contributed by atoms with E-state index in [2.05, 4.69) is 23.7 Å². The highest BCUT2D eigenvalue weighted by Gasteiger charge is 2.26. The average Bonchev–Trinajstić information content (AvgIpc) is 2.46. The fourth-order valence-electron chi connectivity index (χ4n) is 1.55. The Morgan fingerprint density at radius 3 is 2.75 bits per heavy atom. The number of carbonyl (C=O) groups excluding carboxylic acids is 1. The van der Waals surface area contributed by atoms with Crippen molar-refractivity contribution in [1.29, 1.82) is 0 Å². The molecule has 20 heavy (non-hydrogen) atoms. The lowest BCUT2D eigenvalue weighted by molar-refractivity contribution is 0.0620. The Kier molecular flexibility index (Phi) is 5.72. The molecular weight excluding hydrogens is 252 g/mol. The summed E-state index contributed by atoms with van der Waals surface area (Å²) in [6.45, 7) is 6.15. The molecule has 0 aliphatic rings. The summed E-state index contributed by atoms with van der Waals surface area (Å²) in [6.07, 6.45) is 4.47. The molecule has 1 aromatic rings. The molecule has 0 aliphatic heterocycles. The van der Waals surface area contributed by atoms with E-state index in [0.29, 0.717) is 17.5 Å². The van der Waals surface area contributed by atoms with Gasteiger partial charge in [0, 0.05) is 37.0 Å². The van der Waals surface area contributed by atoms with E-state index in [1.54, 1.807) is 30.4 Å². The Hall–Kier alpha value is -1.86. The molecule has 0 atom stereocenters. The maximum absolute atomic E-state index is 12.4. The standard InChI is InChI=1S/C16H22N2O2/c1-5-16(2,3)18(4)15(20)14-10-13(11-17-12-14)8-6-7-9-19/h10-12,19H,5,7,9H2,1-4H3. The largest absolute Gasteiger partial charge is 0.395 e. The topological polar surface area (TPSA) is 53.4 Å². The normalized spacial score (nSPS) is 10.7. The molecule has 0 aliphatic carbocycles. The number of carbonyl (C=O) groups is 1. The van der Waals surface area contributed by atoms with Crippen LogP contribution in [0.2, 0.25) is 0 Å². The van der Waals surface area contributed by atoms with Crippen LogP contribution in [0.25, 0.3) is 0 Å². The van der Waals surface area contributed by atoms with E-state index in [9.17, 15) is 4.79 Å². The fourth-order valence-corrected chi connectivity index (χ4v) is 1.55. The number of hydrogen-bond acceptors (Lipinski definition) is 3. The van der Waals surface area contributed by atoms with Gasteiger partial charge in [-0.3, -0.25) is 9.78 Å². The minimum absolute atomic E-state index is 0.0342. The monoisotopic (exact) mass is 274 g/mol. The second kappa shape index (κ2) is 7.06. The smallest absolute Gasteiger partial charge is 0.255 e. The first-order valence-electron chi connectivity index (χ1n) is 6.75. The number of rotatable bonds is 4. The van der Waals surface area contributed by atoms with Crippen LogP contribution in [0.4, 0.5) is 0 Å². The molecule has 1 heterocycles. The first kappa shape index (κ1) is 16.2. The third kappa shape index (κ3) is 4.07. The van der Waals surface area contributed by atoms with Gasteiger partial charge in [0.05, 0.1) is 12.2 Å². The molecule has 1 aromatic heterocycles. The van der Waals surface area contributed by atoms with E-state index >= 15 is 0 Å². The first-order chi connectivity index (χ1) is 9.42. The van der Waals surface area contributed by atoms with Crippen molar-refractivity contribution >= 4 is 5.91 Å². The highest BCUT2D eigenvalue weighted by Crippen LogP contribution is 2.19. The summed E-state index contributed by atoms with van der Waals surface area (Å²) in [5, 5.41) is 8.70. The summed E-state index contributed by atoms with van der Waals surface area (Å²) in [6, 6.07) is 1.74. The van der Waals surface area contributed by atoms with Gasteiger partial charge < -0.3 is 10.0 Å². The molecule has 4 heteroatoms. The Bertz CT molecular complexity index is 527. The average molecular weight is 274 g/mol. The summed E-state index contributed by atoms with van der Waals surface area (Å²) in [5.41, 5.74) is 1.02. The van der Waals surface area contributed by atoms with Gasteiger partial charge in [-0.25, -0.2) is 0 Å². The lowest BCUT2D eigenvalue weighted by Gasteiger charge is -2.34. The Balaban J connectivity index is 2.95. The number of hydrogen-bond donors (Lipinski definition) is 1. The number of aliphatic hydroxyl groups is 1. The molecule has 1 rings (SSSR count). The molecule has 108 valence electrons. The maximum atomic E-state index is 12.4. The first-order valence-corrected chi connectivity index (χ1v) is 6.75. The molecule has 0 saturated carbocycles. The van der Waals surface area contributed by atoms with Gasteiger partial charge in [0.25, 0.3) is 5.91 Å². The molecule has 0 aromatic carbocycles. The van der Waals surface area contributed by atoms with Crippen molar-refractivity contribution in [3.63, 3.8) is 0 Å². The third-order valence-electron chi connectivity index (χ3n) is 3.53. The lowest BCUT2D eigenvalue weighted by Crippen LogP contribution is -2.44. The van der Waals surface area contributed by atoms with Crippen molar-refractivity contribution in [1.82, 2.24) is 9.88 Å². The molecule has 0 fully saturated rings. The molecule has 1 N–H and O–H groups in total. The van der Waals surface area contributed by atoms with Gasteiger partial charge in [-0.05, 0) is 26.3 Å². The molecular formula is C16H22N2O2. The van der Waals surface area contributed by atoms with Gasteiger partial charge in [0.15, 0.2) is 0 Å². The van der Waals surface area contributed by atoms with Crippen LogP contribution in [0.1, 0.15) is 49.5 Å². The third-order valence-corrected chi connectivity index (χ3v) is 3.53. The van der Waals surface area contributed by atoms with Crippen molar-refractivity contribution in [3.8, 4) is 11.8 Å². The van der Waals surface area contributed by atoms with Gasteiger partial charge in [0.1, 0.15) is 0 Å². The van der Waals surface area contributed by atoms with Gasteiger partial charge >= 0.3 is 0 Å². The zero-order valence-corrected chi connectivity index (χ0v) is 12.6. The number of nitrogens with zero attached hydrogens (tertiary/aromatic N) is 2. The van der Waals surface area contributed by atoms with E-state index < -0.39 is 0 Å². The molecule has 0 radical (unpaired) electrons. The summed E-state index contributed by atoms with van der Waals surface area (Å²) >= 11 is 0. The van der Waals surface area contributed by atoms with E-state index in [1.165, 1.54) is 0 Å². The van der Waals surface area contributed by atoms with Crippen LogP contribution < -0.4 is 0 Å². The zero-order chi connectivity index (χ0) is 15.2. The highest BCUT2D eigenvalue weighted by atomic mass is 16.2. The summed E-state index contributed by atoms with van der Waals surface area (Å²) < 4.78 is 0. The molecule has 0 spiro atoms. The predicted octanol–water partition coefficient (Wildman–Crippen LogP) is 2.08. The van der Waals surface area contributed by atoms with Crippen LogP contribution in [-0.2, 0) is 0 Å².